The molecular formula is C26H28N4O5. The first-order valence-electron chi connectivity index (χ1n) is 11.3. The van der Waals surface area contributed by atoms with Gasteiger partial charge in [-0.25, -0.2) is 4.79 Å². The van der Waals surface area contributed by atoms with Gasteiger partial charge >= 0.3 is 6.03 Å². The fourth-order valence-electron chi connectivity index (χ4n) is 3.87. The SMILES string of the molecule is Cc1noc(C)c1NC(=O)N[C@H]1C=C[C@@H](CC(=O)Nc2ccc(-c3ccccc3)cc2)O[C@@H]1CO. The minimum absolute atomic E-state index is 0.0748. The Kier molecular flexibility index (Phi) is 7.59. The summed E-state index contributed by atoms with van der Waals surface area (Å²) >= 11 is 0. The minimum Gasteiger partial charge on any atom is -0.394 e. The van der Waals surface area contributed by atoms with Crippen molar-refractivity contribution in [2.24, 2.45) is 0 Å². The molecule has 1 aliphatic heterocycles. The molecule has 3 atom stereocenters. The van der Waals surface area contributed by atoms with Crippen LogP contribution >= 0.6 is 0 Å². The number of aliphatic hydroxyl groups excluding tert-OH is 1. The zero-order chi connectivity index (χ0) is 24.8. The molecule has 2 heterocycles. The molecule has 0 unspecified atom stereocenters. The molecule has 1 aliphatic rings. The number of anilines is 2. The van der Waals surface area contributed by atoms with E-state index in [0.717, 1.165) is 11.1 Å². The maximum absolute atomic E-state index is 12.5. The van der Waals surface area contributed by atoms with Crippen molar-refractivity contribution in [3.63, 3.8) is 0 Å². The molecule has 35 heavy (non-hydrogen) atoms. The summed E-state index contributed by atoms with van der Waals surface area (Å²) in [6.07, 6.45) is 2.29. The van der Waals surface area contributed by atoms with Gasteiger partial charge in [0.05, 0.1) is 25.2 Å². The van der Waals surface area contributed by atoms with E-state index in [2.05, 4.69) is 21.1 Å². The molecule has 4 rings (SSSR count). The Hall–Kier alpha value is -3.95. The zero-order valence-electron chi connectivity index (χ0n) is 19.5. The maximum atomic E-state index is 12.5. The number of ether oxygens (including phenoxy) is 1. The fourth-order valence-corrected chi connectivity index (χ4v) is 3.87. The summed E-state index contributed by atoms with van der Waals surface area (Å²) in [6.45, 7) is 3.10. The number of hydrogen-bond acceptors (Lipinski definition) is 6. The highest BCUT2D eigenvalue weighted by Crippen LogP contribution is 2.22. The van der Waals surface area contributed by atoms with E-state index >= 15 is 0 Å². The molecule has 3 aromatic rings. The summed E-state index contributed by atoms with van der Waals surface area (Å²) in [5, 5.41) is 21.9. The van der Waals surface area contributed by atoms with Crippen LogP contribution in [0.15, 0.2) is 71.3 Å². The molecule has 9 nitrogen and oxygen atoms in total. The van der Waals surface area contributed by atoms with E-state index in [9.17, 15) is 14.7 Å². The highest BCUT2D eigenvalue weighted by atomic mass is 16.5. The third-order valence-electron chi connectivity index (χ3n) is 5.70. The highest BCUT2D eigenvalue weighted by Gasteiger charge is 2.29. The first-order valence-corrected chi connectivity index (χ1v) is 11.3. The third-order valence-corrected chi connectivity index (χ3v) is 5.70. The Bertz CT molecular complexity index is 1170. The van der Waals surface area contributed by atoms with Gasteiger partial charge in [0.2, 0.25) is 5.91 Å². The predicted molar refractivity (Wildman–Crippen MR) is 132 cm³/mol. The van der Waals surface area contributed by atoms with Crippen LogP contribution in [0.2, 0.25) is 0 Å². The molecule has 0 saturated carbocycles. The summed E-state index contributed by atoms with van der Waals surface area (Å²) in [5.74, 6) is 0.277. The molecule has 182 valence electrons. The smallest absolute Gasteiger partial charge is 0.319 e. The topological polar surface area (TPSA) is 126 Å². The van der Waals surface area contributed by atoms with Crippen molar-refractivity contribution in [2.45, 2.75) is 38.5 Å². The quantitative estimate of drug-likeness (QED) is 0.385. The van der Waals surface area contributed by atoms with Crippen LogP contribution in [-0.4, -0.2) is 47.1 Å². The number of aryl methyl sites for hydroxylation is 2. The lowest BCUT2D eigenvalue weighted by atomic mass is 10.0. The molecule has 0 saturated heterocycles. The lowest BCUT2D eigenvalue weighted by Crippen LogP contribution is -2.50. The van der Waals surface area contributed by atoms with Crippen LogP contribution in [0.3, 0.4) is 0 Å². The van der Waals surface area contributed by atoms with Crippen molar-refractivity contribution in [2.75, 3.05) is 17.2 Å². The number of carbonyl (C=O) groups is 2. The van der Waals surface area contributed by atoms with Crippen molar-refractivity contribution in [3.8, 4) is 11.1 Å². The molecule has 2 aromatic carbocycles. The van der Waals surface area contributed by atoms with Gasteiger partial charge in [0, 0.05) is 5.69 Å². The Morgan fingerprint density at radius 3 is 2.34 bits per heavy atom. The summed E-state index contributed by atoms with van der Waals surface area (Å²) in [7, 11) is 0. The molecule has 0 aliphatic carbocycles. The van der Waals surface area contributed by atoms with Crippen molar-refractivity contribution >= 4 is 23.3 Å². The maximum Gasteiger partial charge on any atom is 0.319 e. The Morgan fingerprint density at radius 2 is 1.69 bits per heavy atom. The number of urea groups is 1. The molecule has 0 bridgehead atoms. The second-order valence-corrected chi connectivity index (χ2v) is 8.30. The number of rotatable bonds is 7. The van der Waals surface area contributed by atoms with Crippen LogP contribution in [0.1, 0.15) is 17.9 Å². The third kappa shape index (κ3) is 6.14. The summed E-state index contributed by atoms with van der Waals surface area (Å²) < 4.78 is 10.9. The van der Waals surface area contributed by atoms with Crippen LogP contribution in [0.5, 0.6) is 0 Å². The number of amides is 3. The largest absolute Gasteiger partial charge is 0.394 e. The van der Waals surface area contributed by atoms with Crippen LogP contribution < -0.4 is 16.0 Å². The van der Waals surface area contributed by atoms with Gasteiger partial charge in [0.15, 0.2) is 5.76 Å². The first-order chi connectivity index (χ1) is 16.9. The molecular weight excluding hydrogens is 448 g/mol. The lowest BCUT2D eigenvalue weighted by Gasteiger charge is -2.31. The Labute approximate surface area is 203 Å². The molecule has 9 heteroatoms. The van der Waals surface area contributed by atoms with E-state index in [1.165, 1.54) is 0 Å². The second kappa shape index (κ2) is 11.0. The monoisotopic (exact) mass is 476 g/mol. The van der Waals surface area contributed by atoms with E-state index < -0.39 is 24.3 Å². The van der Waals surface area contributed by atoms with E-state index in [0.29, 0.717) is 22.8 Å². The van der Waals surface area contributed by atoms with Crippen LogP contribution in [0, 0.1) is 13.8 Å². The van der Waals surface area contributed by atoms with Gasteiger partial charge in [-0.05, 0) is 37.1 Å². The fraction of sp³-hybridized carbons (Fsp3) is 0.269. The van der Waals surface area contributed by atoms with Gasteiger partial charge in [-0.1, -0.05) is 59.8 Å². The average molecular weight is 477 g/mol. The van der Waals surface area contributed by atoms with Gasteiger partial charge in [-0.2, -0.15) is 0 Å². The number of aromatic nitrogens is 1. The highest BCUT2D eigenvalue weighted by molar-refractivity contribution is 5.92. The predicted octanol–water partition coefficient (Wildman–Crippen LogP) is 3.79. The van der Waals surface area contributed by atoms with Crippen LogP contribution in [0.4, 0.5) is 16.2 Å². The average Bonchev–Trinajstić information content (AvgIpc) is 3.18. The standard InChI is InChI=1S/C26H28N4O5/c1-16-25(17(2)35-30-16)29-26(33)28-22-13-12-21(34-23(22)15-31)14-24(32)27-20-10-8-19(9-11-20)18-6-4-3-5-7-18/h3-13,21-23,31H,14-15H2,1-2H3,(H,27,32)(H2,28,29,33)/t21-,22-,23+/m0/s1. The number of aliphatic hydroxyl groups is 1. The van der Waals surface area contributed by atoms with Gasteiger partial charge in [0.1, 0.15) is 17.5 Å². The number of carbonyl (C=O) groups excluding carboxylic acids is 2. The molecule has 0 spiro atoms. The van der Waals surface area contributed by atoms with Gasteiger partial charge in [-0.15, -0.1) is 0 Å². The van der Waals surface area contributed by atoms with Crippen molar-refractivity contribution in [1.29, 1.82) is 0 Å². The van der Waals surface area contributed by atoms with Gasteiger partial charge in [0.25, 0.3) is 0 Å². The summed E-state index contributed by atoms with van der Waals surface area (Å²) in [4.78, 5) is 24.9. The first kappa shape index (κ1) is 24.2. The Balaban J connectivity index is 1.30. The molecule has 4 N–H and O–H groups in total. The normalized spacial score (nSPS) is 19.2. The zero-order valence-corrected chi connectivity index (χ0v) is 19.5. The molecule has 0 fully saturated rings. The number of nitrogens with one attached hydrogen (secondary N) is 3. The number of hydrogen-bond donors (Lipinski definition) is 4. The van der Waals surface area contributed by atoms with E-state index in [1.54, 1.807) is 26.0 Å². The second-order valence-electron chi connectivity index (χ2n) is 8.30. The lowest BCUT2D eigenvalue weighted by molar-refractivity contribution is -0.120. The van der Waals surface area contributed by atoms with Gasteiger partial charge < -0.3 is 30.3 Å². The van der Waals surface area contributed by atoms with Gasteiger partial charge in [-0.3, -0.25) is 4.79 Å². The van der Waals surface area contributed by atoms with Crippen LogP contribution in [0.25, 0.3) is 11.1 Å². The Morgan fingerprint density at radius 1 is 0.971 bits per heavy atom. The van der Waals surface area contributed by atoms with Crippen molar-refractivity contribution in [3.05, 3.63) is 78.2 Å². The summed E-state index contributed by atoms with van der Waals surface area (Å²) in [6, 6.07) is 16.5. The summed E-state index contributed by atoms with van der Waals surface area (Å²) in [5.41, 5.74) is 3.90. The van der Waals surface area contributed by atoms with Crippen LogP contribution in [-0.2, 0) is 9.53 Å². The van der Waals surface area contributed by atoms with Crippen molar-refractivity contribution < 1.29 is 24.0 Å². The molecule has 0 radical (unpaired) electrons. The van der Waals surface area contributed by atoms with E-state index in [4.69, 9.17) is 9.26 Å². The number of benzene rings is 2. The minimum atomic E-state index is -0.696. The van der Waals surface area contributed by atoms with E-state index in [-0.39, 0.29) is 18.9 Å². The number of nitrogens with zero attached hydrogens (tertiary/aromatic N) is 1. The molecule has 3 amide bonds. The van der Waals surface area contributed by atoms with Crippen molar-refractivity contribution in [1.82, 2.24) is 10.5 Å². The van der Waals surface area contributed by atoms with E-state index in [1.807, 2.05) is 54.6 Å². The molecule has 1 aromatic heterocycles.